The van der Waals surface area contributed by atoms with Crippen LogP contribution in [-0.2, 0) is 19.6 Å². The molecule has 1 aromatic carbocycles. The predicted octanol–water partition coefficient (Wildman–Crippen LogP) is 17.2. The summed E-state index contributed by atoms with van der Waals surface area (Å²) in [5, 5.41) is 0. The van der Waals surface area contributed by atoms with Crippen molar-refractivity contribution in [3.63, 3.8) is 0 Å². The molecule has 7 nitrogen and oxygen atoms in total. The third-order valence-electron chi connectivity index (χ3n) is 12.0. The highest BCUT2D eigenvalue weighted by Crippen LogP contribution is 2.23. The molecule has 0 spiro atoms. The predicted molar refractivity (Wildman–Crippen MR) is 262 cm³/mol. The Morgan fingerprint density at radius 2 is 0.726 bits per heavy atom. The molecule has 0 saturated heterocycles. The molecule has 0 amide bonds. The van der Waals surface area contributed by atoms with E-state index in [1.54, 1.807) is 0 Å². The molecule has 0 fully saturated rings. The third kappa shape index (κ3) is 34.0. The van der Waals surface area contributed by atoms with Gasteiger partial charge in [0.2, 0.25) is 0 Å². The van der Waals surface area contributed by atoms with Crippen LogP contribution in [0, 0.1) is 0 Å². The first kappa shape index (κ1) is 57.6. The Labute approximate surface area is 382 Å². The summed E-state index contributed by atoms with van der Waals surface area (Å²) in [7, 11) is -4.78. The lowest BCUT2D eigenvalue weighted by Crippen LogP contribution is -2.19. The molecule has 1 rings (SSSR count). The summed E-state index contributed by atoms with van der Waals surface area (Å²) in [6, 6.07) is 3.76. The highest BCUT2D eigenvalue weighted by atomic mass is 32.2. The average molecular weight is 887 g/mol. The minimum atomic E-state index is -4.78. The molecule has 8 heteroatoms. The van der Waals surface area contributed by atoms with Gasteiger partial charge in [0.25, 0.3) is 10.1 Å². The Bertz CT molecular complexity index is 1370. The maximum atomic E-state index is 13.1. The Hall–Kier alpha value is -2.45. The van der Waals surface area contributed by atoms with Gasteiger partial charge in [0.15, 0.2) is 0 Å². The molecule has 1 N–H and O–H groups in total. The molecular formula is C54H94O7S. The number of rotatable bonds is 45. The van der Waals surface area contributed by atoms with Crippen molar-refractivity contribution >= 4 is 22.1 Å². The fourth-order valence-corrected chi connectivity index (χ4v) is 8.78. The fraction of sp³-hybridized carbons (Fsp3) is 0.778. The van der Waals surface area contributed by atoms with E-state index in [9.17, 15) is 22.6 Å². The first-order valence-electron chi connectivity index (χ1n) is 26.1. The number of allylic oxidation sites excluding steroid dienone is 4. The largest absolute Gasteiger partial charge is 0.462 e. The van der Waals surface area contributed by atoms with Crippen LogP contribution in [0.1, 0.15) is 279 Å². The Kier molecular flexibility index (Phi) is 39.5. The SMILES string of the molecule is CCCCCCCCCCCCCC/C=C/CCCCCCCOC(=O)c1cccc(S(=O)(=O)O)c1C(=O)OCCCCCCC/C=C/CCCCCCCCCCCCCC. The van der Waals surface area contributed by atoms with E-state index >= 15 is 0 Å². The van der Waals surface area contributed by atoms with Gasteiger partial charge in [0, 0.05) is 0 Å². The van der Waals surface area contributed by atoms with Gasteiger partial charge in [-0.25, -0.2) is 9.59 Å². The fourth-order valence-electron chi connectivity index (χ4n) is 8.07. The van der Waals surface area contributed by atoms with Crippen LogP contribution >= 0.6 is 0 Å². The molecule has 0 aromatic heterocycles. The van der Waals surface area contributed by atoms with E-state index < -0.39 is 32.5 Å². The summed E-state index contributed by atoms with van der Waals surface area (Å²) in [5.74, 6) is -1.75. The van der Waals surface area contributed by atoms with Gasteiger partial charge in [0.1, 0.15) is 4.90 Å². The van der Waals surface area contributed by atoms with Gasteiger partial charge in [-0.05, 0) is 76.3 Å². The summed E-state index contributed by atoms with van der Waals surface area (Å²) in [6.45, 7) is 4.81. The van der Waals surface area contributed by atoms with Crippen LogP contribution in [0.25, 0.3) is 0 Å². The summed E-state index contributed by atoms with van der Waals surface area (Å²) < 4.78 is 45.0. The van der Waals surface area contributed by atoms with Crippen LogP contribution < -0.4 is 0 Å². The Balaban J connectivity index is 2.16. The van der Waals surface area contributed by atoms with Gasteiger partial charge in [-0.15, -0.1) is 0 Å². The molecule has 0 atom stereocenters. The van der Waals surface area contributed by atoms with Gasteiger partial charge >= 0.3 is 11.9 Å². The lowest BCUT2D eigenvalue weighted by atomic mass is 10.0. The minimum Gasteiger partial charge on any atom is -0.462 e. The lowest BCUT2D eigenvalue weighted by molar-refractivity contribution is 0.0446. The Morgan fingerprint density at radius 1 is 0.435 bits per heavy atom. The first-order valence-corrected chi connectivity index (χ1v) is 27.5. The van der Waals surface area contributed by atoms with E-state index in [-0.39, 0.29) is 18.8 Å². The molecular weight excluding hydrogens is 793 g/mol. The summed E-state index contributed by atoms with van der Waals surface area (Å²) >= 11 is 0. The monoisotopic (exact) mass is 887 g/mol. The van der Waals surface area contributed by atoms with Crippen LogP contribution in [0.3, 0.4) is 0 Å². The second-order valence-electron chi connectivity index (χ2n) is 17.8. The van der Waals surface area contributed by atoms with Crippen LogP contribution in [0.4, 0.5) is 0 Å². The molecule has 0 aliphatic rings. The molecule has 62 heavy (non-hydrogen) atoms. The molecule has 0 saturated carbocycles. The number of hydrogen-bond acceptors (Lipinski definition) is 6. The average Bonchev–Trinajstić information content (AvgIpc) is 3.26. The van der Waals surface area contributed by atoms with Crippen molar-refractivity contribution in [2.45, 2.75) is 263 Å². The van der Waals surface area contributed by atoms with Gasteiger partial charge in [-0.1, -0.05) is 224 Å². The molecule has 0 aliphatic heterocycles. The summed E-state index contributed by atoms with van der Waals surface area (Å²) in [6.07, 6.45) is 56.4. The zero-order valence-corrected chi connectivity index (χ0v) is 40.9. The van der Waals surface area contributed by atoms with E-state index in [1.807, 2.05) is 0 Å². The highest BCUT2D eigenvalue weighted by molar-refractivity contribution is 7.86. The van der Waals surface area contributed by atoms with E-state index in [0.29, 0.717) is 12.8 Å². The van der Waals surface area contributed by atoms with Crippen molar-refractivity contribution in [2.24, 2.45) is 0 Å². The molecule has 1 aromatic rings. The van der Waals surface area contributed by atoms with Crippen LogP contribution in [0.2, 0.25) is 0 Å². The third-order valence-corrected chi connectivity index (χ3v) is 12.9. The van der Waals surface area contributed by atoms with Gasteiger partial charge < -0.3 is 9.47 Å². The molecule has 0 bridgehead atoms. The second-order valence-corrected chi connectivity index (χ2v) is 19.2. The van der Waals surface area contributed by atoms with Crippen LogP contribution in [0.15, 0.2) is 47.4 Å². The summed E-state index contributed by atoms with van der Waals surface area (Å²) in [5.41, 5.74) is -0.686. The topological polar surface area (TPSA) is 107 Å². The zero-order chi connectivity index (χ0) is 45.0. The van der Waals surface area contributed by atoms with E-state index in [0.717, 1.165) is 70.3 Å². The number of carbonyl (C=O) groups excluding carboxylic acids is 2. The first-order chi connectivity index (χ1) is 30.3. The van der Waals surface area contributed by atoms with Crippen molar-refractivity contribution in [1.82, 2.24) is 0 Å². The number of ether oxygens (including phenoxy) is 2. The van der Waals surface area contributed by atoms with E-state index in [1.165, 1.54) is 179 Å². The van der Waals surface area contributed by atoms with Crippen molar-refractivity contribution in [1.29, 1.82) is 0 Å². The minimum absolute atomic E-state index is 0.0985. The van der Waals surface area contributed by atoms with Gasteiger partial charge in [-0.3, -0.25) is 4.55 Å². The number of hydrogen-bond donors (Lipinski definition) is 1. The van der Waals surface area contributed by atoms with E-state index in [4.69, 9.17) is 9.47 Å². The molecule has 0 radical (unpaired) electrons. The maximum Gasteiger partial charge on any atom is 0.340 e. The van der Waals surface area contributed by atoms with Crippen molar-refractivity contribution in [3.05, 3.63) is 53.6 Å². The highest BCUT2D eigenvalue weighted by Gasteiger charge is 2.28. The van der Waals surface area contributed by atoms with Crippen molar-refractivity contribution in [3.8, 4) is 0 Å². The molecule has 0 aliphatic carbocycles. The van der Waals surface area contributed by atoms with Crippen molar-refractivity contribution < 1.29 is 32.0 Å². The van der Waals surface area contributed by atoms with Crippen LogP contribution in [0.5, 0.6) is 0 Å². The smallest absolute Gasteiger partial charge is 0.340 e. The normalized spacial score (nSPS) is 11.9. The number of benzene rings is 1. The molecule has 358 valence electrons. The second kappa shape index (κ2) is 42.5. The van der Waals surface area contributed by atoms with Gasteiger partial charge in [0.05, 0.1) is 24.3 Å². The number of esters is 2. The summed E-state index contributed by atoms with van der Waals surface area (Å²) in [4.78, 5) is 25.5. The number of carbonyl (C=O) groups is 2. The molecule has 0 heterocycles. The zero-order valence-electron chi connectivity index (χ0n) is 40.1. The van der Waals surface area contributed by atoms with E-state index in [2.05, 4.69) is 38.2 Å². The lowest BCUT2D eigenvalue weighted by Gasteiger charge is -2.13. The van der Waals surface area contributed by atoms with Crippen LogP contribution in [-0.4, -0.2) is 38.1 Å². The number of unbranched alkanes of at least 4 members (excludes halogenated alkanes) is 34. The quantitative estimate of drug-likeness (QED) is 0.0301. The standard InChI is InChI=1S/C54H94O7S/c1-3-5-7-9-11-13-15-17-19-21-23-25-27-29-31-33-35-37-39-41-43-48-60-53(55)50-46-45-47-51(62(57,58)59)52(50)54(56)61-49-44-42-40-38-36-34-32-30-28-26-24-22-20-18-16-14-12-10-8-6-4-2/h29-32,45-47H,3-28,33-44,48-49H2,1-2H3,(H,57,58,59)/b31-29+,32-30+. The maximum absolute atomic E-state index is 13.1. The van der Waals surface area contributed by atoms with Crippen molar-refractivity contribution in [2.75, 3.05) is 13.2 Å². The Morgan fingerprint density at radius 3 is 1.05 bits per heavy atom. The van der Waals surface area contributed by atoms with Gasteiger partial charge in [-0.2, -0.15) is 8.42 Å². The molecule has 0 unspecified atom stereocenters.